The summed E-state index contributed by atoms with van der Waals surface area (Å²) in [5.74, 6) is 0.775. The molecule has 0 saturated heterocycles. The number of unbranched alkanes of at least 4 members (excludes halogenated alkanes) is 1. The zero-order valence-corrected chi connectivity index (χ0v) is 15.2. The van der Waals surface area contributed by atoms with E-state index in [0.717, 1.165) is 33.7 Å². The number of rotatable bonds is 5. The van der Waals surface area contributed by atoms with Crippen LogP contribution >= 0.6 is 23.1 Å². The van der Waals surface area contributed by atoms with Crippen LogP contribution in [0.25, 0.3) is 21.3 Å². The Hall–Kier alpha value is -2.10. The predicted octanol–water partition coefficient (Wildman–Crippen LogP) is 4.66. The molecule has 0 aliphatic heterocycles. The number of nitrogens with zero attached hydrogens (tertiary/aromatic N) is 2. The van der Waals surface area contributed by atoms with Crippen molar-refractivity contribution in [2.45, 2.75) is 31.8 Å². The van der Waals surface area contributed by atoms with Crippen LogP contribution in [0.1, 0.15) is 24.0 Å². The van der Waals surface area contributed by atoms with Crippen LogP contribution in [0.3, 0.4) is 0 Å². The van der Waals surface area contributed by atoms with Gasteiger partial charge in [0.05, 0.1) is 11.5 Å². The molecule has 0 fully saturated rings. The number of hydrogen-bond donors (Lipinski definition) is 1. The van der Waals surface area contributed by atoms with Crippen LogP contribution < -0.4 is 5.56 Å². The Balaban J connectivity index is 1.98. The molecule has 3 rings (SSSR count). The third kappa shape index (κ3) is 3.37. The number of fused-ring (bicyclic) bond motifs is 1. The van der Waals surface area contributed by atoms with Crippen molar-refractivity contribution in [2.75, 3.05) is 5.75 Å². The molecule has 0 bridgehead atoms. The van der Waals surface area contributed by atoms with Crippen LogP contribution in [0.15, 0.2) is 33.5 Å². The summed E-state index contributed by atoms with van der Waals surface area (Å²) in [4.78, 5) is 20.8. The number of aromatic amines is 1. The summed E-state index contributed by atoms with van der Waals surface area (Å²) in [6.45, 7) is 4.12. The van der Waals surface area contributed by atoms with Crippen molar-refractivity contribution in [2.24, 2.45) is 0 Å². The molecule has 0 radical (unpaired) electrons. The molecule has 0 unspecified atom stereocenters. The third-order valence-electron chi connectivity index (χ3n) is 3.77. The van der Waals surface area contributed by atoms with Gasteiger partial charge >= 0.3 is 0 Å². The van der Waals surface area contributed by atoms with E-state index in [-0.39, 0.29) is 5.56 Å². The Bertz CT molecular complexity index is 982. The second-order valence-corrected chi connectivity index (χ2v) is 7.57. The van der Waals surface area contributed by atoms with E-state index in [9.17, 15) is 4.79 Å². The molecule has 24 heavy (non-hydrogen) atoms. The molecule has 1 aromatic carbocycles. The molecule has 0 aliphatic rings. The lowest BCUT2D eigenvalue weighted by Gasteiger charge is -2.06. The van der Waals surface area contributed by atoms with E-state index >= 15 is 0 Å². The van der Waals surface area contributed by atoms with Gasteiger partial charge in [0.1, 0.15) is 4.83 Å². The standard InChI is InChI=1S/C18H17N3OS2/c1-11-5-6-13(12(2)9-11)14-10-24-17-15(14)16(22)20-18(21-17)23-8-4-3-7-19/h5-6,9-10H,3-4,8H2,1-2H3,(H,20,21,22). The van der Waals surface area contributed by atoms with Crippen molar-refractivity contribution in [1.82, 2.24) is 9.97 Å². The van der Waals surface area contributed by atoms with Crippen molar-refractivity contribution in [3.05, 3.63) is 45.1 Å². The van der Waals surface area contributed by atoms with Gasteiger partial charge in [-0.05, 0) is 31.4 Å². The number of nitrogens with one attached hydrogen (secondary N) is 1. The summed E-state index contributed by atoms with van der Waals surface area (Å²) < 4.78 is 0. The Morgan fingerprint density at radius 2 is 2.17 bits per heavy atom. The number of thioether (sulfide) groups is 1. The minimum Gasteiger partial charge on any atom is -0.301 e. The first-order valence-electron chi connectivity index (χ1n) is 7.69. The van der Waals surface area contributed by atoms with Crippen LogP contribution in [-0.2, 0) is 0 Å². The van der Waals surface area contributed by atoms with Crippen LogP contribution in [0.5, 0.6) is 0 Å². The molecule has 1 N–H and O–H groups in total. The van der Waals surface area contributed by atoms with E-state index in [0.29, 0.717) is 17.0 Å². The van der Waals surface area contributed by atoms with Gasteiger partial charge in [-0.25, -0.2) is 4.98 Å². The Kier molecular flexibility index (Phi) is 5.03. The maximum absolute atomic E-state index is 12.6. The van der Waals surface area contributed by atoms with Gasteiger partial charge in [0.25, 0.3) is 5.56 Å². The van der Waals surface area contributed by atoms with E-state index in [1.54, 1.807) is 0 Å². The van der Waals surface area contributed by atoms with E-state index in [2.05, 4.69) is 48.1 Å². The fourth-order valence-corrected chi connectivity index (χ4v) is 4.43. The zero-order chi connectivity index (χ0) is 17.1. The Labute approximate surface area is 148 Å². The average molecular weight is 355 g/mol. The van der Waals surface area contributed by atoms with Crippen LogP contribution in [-0.4, -0.2) is 15.7 Å². The van der Waals surface area contributed by atoms with E-state index < -0.39 is 0 Å². The predicted molar refractivity (Wildman–Crippen MR) is 101 cm³/mol. The third-order valence-corrected chi connectivity index (χ3v) is 5.60. The second kappa shape index (κ2) is 7.20. The fourth-order valence-electron chi connectivity index (χ4n) is 2.63. The van der Waals surface area contributed by atoms with Gasteiger partial charge in [-0.1, -0.05) is 35.5 Å². The first kappa shape index (κ1) is 16.7. The molecular weight excluding hydrogens is 338 g/mol. The van der Waals surface area contributed by atoms with Crippen molar-refractivity contribution in [3.8, 4) is 17.2 Å². The minimum absolute atomic E-state index is 0.0981. The van der Waals surface area contributed by atoms with Gasteiger partial charge in [-0.15, -0.1) is 11.3 Å². The fraction of sp³-hybridized carbons (Fsp3) is 0.278. The second-order valence-electron chi connectivity index (χ2n) is 5.63. The largest absolute Gasteiger partial charge is 0.301 e. The number of nitriles is 1. The van der Waals surface area contributed by atoms with Gasteiger partial charge in [-0.2, -0.15) is 5.26 Å². The molecule has 0 aliphatic carbocycles. The Morgan fingerprint density at radius 1 is 1.33 bits per heavy atom. The molecule has 6 heteroatoms. The first-order valence-corrected chi connectivity index (χ1v) is 9.55. The highest BCUT2D eigenvalue weighted by Crippen LogP contribution is 2.33. The topological polar surface area (TPSA) is 69.5 Å². The van der Waals surface area contributed by atoms with Crippen molar-refractivity contribution in [3.63, 3.8) is 0 Å². The molecule has 0 spiro atoms. The lowest BCUT2D eigenvalue weighted by atomic mass is 9.99. The number of aryl methyl sites for hydroxylation is 2. The number of thiophene rings is 1. The summed E-state index contributed by atoms with van der Waals surface area (Å²) >= 11 is 2.99. The van der Waals surface area contributed by atoms with Crippen molar-refractivity contribution in [1.29, 1.82) is 5.26 Å². The van der Waals surface area contributed by atoms with E-state index in [1.807, 2.05) is 5.38 Å². The monoisotopic (exact) mass is 355 g/mol. The van der Waals surface area contributed by atoms with Gasteiger partial charge in [0.2, 0.25) is 0 Å². The normalized spacial score (nSPS) is 10.9. The van der Waals surface area contributed by atoms with E-state index in [1.165, 1.54) is 28.7 Å². The highest BCUT2D eigenvalue weighted by atomic mass is 32.2. The first-order chi connectivity index (χ1) is 11.6. The molecule has 4 nitrogen and oxygen atoms in total. The maximum atomic E-state index is 12.6. The summed E-state index contributed by atoms with van der Waals surface area (Å²) in [7, 11) is 0. The summed E-state index contributed by atoms with van der Waals surface area (Å²) in [5.41, 5.74) is 4.29. The van der Waals surface area contributed by atoms with Crippen molar-refractivity contribution >= 4 is 33.3 Å². The lowest BCUT2D eigenvalue weighted by Crippen LogP contribution is -2.08. The van der Waals surface area contributed by atoms with Crippen LogP contribution in [0, 0.1) is 25.2 Å². The molecule has 0 atom stereocenters. The maximum Gasteiger partial charge on any atom is 0.260 e. The Morgan fingerprint density at radius 3 is 2.92 bits per heavy atom. The van der Waals surface area contributed by atoms with Gasteiger partial charge < -0.3 is 4.98 Å². The highest BCUT2D eigenvalue weighted by Gasteiger charge is 2.14. The lowest BCUT2D eigenvalue weighted by molar-refractivity contribution is 0.951. The number of hydrogen-bond acceptors (Lipinski definition) is 5. The molecule has 2 heterocycles. The molecule has 0 saturated carbocycles. The summed E-state index contributed by atoms with van der Waals surface area (Å²) in [6.07, 6.45) is 1.32. The van der Waals surface area contributed by atoms with Gasteiger partial charge in [-0.3, -0.25) is 4.79 Å². The summed E-state index contributed by atoms with van der Waals surface area (Å²) in [6, 6.07) is 8.37. The highest BCUT2D eigenvalue weighted by molar-refractivity contribution is 7.99. The van der Waals surface area contributed by atoms with Crippen LogP contribution in [0.4, 0.5) is 0 Å². The zero-order valence-electron chi connectivity index (χ0n) is 13.5. The molecule has 3 aromatic rings. The van der Waals surface area contributed by atoms with Crippen molar-refractivity contribution < 1.29 is 0 Å². The number of aromatic nitrogens is 2. The molecule has 122 valence electrons. The van der Waals surface area contributed by atoms with Gasteiger partial charge in [0.15, 0.2) is 5.16 Å². The average Bonchev–Trinajstić information content (AvgIpc) is 2.96. The molecule has 2 aromatic heterocycles. The minimum atomic E-state index is -0.0981. The number of H-pyrrole nitrogens is 1. The molecular formula is C18H17N3OS2. The quantitative estimate of drug-likeness (QED) is 0.410. The van der Waals surface area contributed by atoms with Gasteiger partial charge in [0, 0.05) is 23.1 Å². The smallest absolute Gasteiger partial charge is 0.260 e. The SMILES string of the molecule is Cc1ccc(-c2csc3nc(SCCCC#N)[nH]c(=O)c23)c(C)c1. The summed E-state index contributed by atoms with van der Waals surface area (Å²) in [5, 5.41) is 11.9. The molecule has 0 amide bonds. The number of benzene rings is 1. The van der Waals surface area contributed by atoms with E-state index in [4.69, 9.17) is 5.26 Å². The van der Waals surface area contributed by atoms with Crippen LogP contribution in [0.2, 0.25) is 0 Å².